The number of amides is 1. The van der Waals surface area contributed by atoms with Crippen molar-refractivity contribution in [3.05, 3.63) is 30.1 Å². The summed E-state index contributed by atoms with van der Waals surface area (Å²) in [5.74, 6) is -2.05. The maximum absolute atomic E-state index is 12.6. The first-order chi connectivity index (χ1) is 7.99. The van der Waals surface area contributed by atoms with E-state index < -0.39 is 23.7 Å². The molecule has 0 saturated heterocycles. The number of halogens is 1. The maximum Gasteiger partial charge on any atom is 0.326 e. The molecule has 0 aliphatic rings. The van der Waals surface area contributed by atoms with Crippen molar-refractivity contribution >= 4 is 17.6 Å². The van der Waals surface area contributed by atoms with Crippen LogP contribution in [0.2, 0.25) is 0 Å². The lowest BCUT2D eigenvalue weighted by Gasteiger charge is -2.14. The summed E-state index contributed by atoms with van der Waals surface area (Å²) in [6.45, 7) is 0. The SMILES string of the molecule is NC(=O)CC[C@H](Nc1ccc(F)cc1)C(=O)O. The number of nitrogens with one attached hydrogen (secondary N) is 1. The van der Waals surface area contributed by atoms with Crippen LogP contribution in [0.4, 0.5) is 10.1 Å². The van der Waals surface area contributed by atoms with E-state index in [9.17, 15) is 14.0 Å². The van der Waals surface area contributed by atoms with Crippen LogP contribution in [-0.4, -0.2) is 23.0 Å². The Morgan fingerprint density at radius 2 is 1.94 bits per heavy atom. The molecule has 0 aliphatic carbocycles. The molecule has 92 valence electrons. The molecule has 1 rings (SSSR count). The molecule has 0 fully saturated rings. The zero-order valence-corrected chi connectivity index (χ0v) is 9.02. The summed E-state index contributed by atoms with van der Waals surface area (Å²) in [6.07, 6.45) is 0.0627. The minimum absolute atomic E-state index is 0.0227. The summed E-state index contributed by atoms with van der Waals surface area (Å²) >= 11 is 0. The average molecular weight is 240 g/mol. The molecule has 1 amide bonds. The van der Waals surface area contributed by atoms with Crippen molar-refractivity contribution in [3.63, 3.8) is 0 Å². The van der Waals surface area contributed by atoms with E-state index in [4.69, 9.17) is 10.8 Å². The summed E-state index contributed by atoms with van der Waals surface area (Å²) in [5, 5.41) is 11.6. The molecule has 0 unspecified atom stereocenters. The Morgan fingerprint density at radius 1 is 1.35 bits per heavy atom. The van der Waals surface area contributed by atoms with Gasteiger partial charge in [0.15, 0.2) is 0 Å². The van der Waals surface area contributed by atoms with Crippen molar-refractivity contribution in [3.8, 4) is 0 Å². The first-order valence-electron chi connectivity index (χ1n) is 5.02. The fraction of sp³-hybridized carbons (Fsp3) is 0.273. The van der Waals surface area contributed by atoms with Crippen molar-refractivity contribution in [1.29, 1.82) is 0 Å². The average Bonchev–Trinajstić information content (AvgIpc) is 2.26. The number of carbonyl (C=O) groups is 2. The molecule has 0 radical (unpaired) electrons. The monoisotopic (exact) mass is 240 g/mol. The third kappa shape index (κ3) is 4.50. The fourth-order valence-corrected chi connectivity index (χ4v) is 1.29. The van der Waals surface area contributed by atoms with Crippen molar-refractivity contribution < 1.29 is 19.1 Å². The van der Waals surface area contributed by atoms with Gasteiger partial charge >= 0.3 is 5.97 Å². The summed E-state index contributed by atoms with van der Waals surface area (Å²) in [4.78, 5) is 21.5. The van der Waals surface area contributed by atoms with Crippen LogP contribution in [0, 0.1) is 5.82 Å². The summed E-state index contributed by atoms with van der Waals surface area (Å²) in [5.41, 5.74) is 5.42. The Balaban J connectivity index is 2.63. The van der Waals surface area contributed by atoms with Crippen LogP contribution in [0.25, 0.3) is 0 Å². The van der Waals surface area contributed by atoms with E-state index in [1.165, 1.54) is 24.3 Å². The molecule has 0 aromatic heterocycles. The van der Waals surface area contributed by atoms with Gasteiger partial charge in [0, 0.05) is 12.1 Å². The van der Waals surface area contributed by atoms with Gasteiger partial charge < -0.3 is 16.2 Å². The van der Waals surface area contributed by atoms with E-state index in [-0.39, 0.29) is 12.8 Å². The third-order valence-corrected chi connectivity index (χ3v) is 2.16. The number of anilines is 1. The molecular formula is C11H13FN2O3. The minimum Gasteiger partial charge on any atom is -0.480 e. The zero-order valence-electron chi connectivity index (χ0n) is 9.02. The predicted molar refractivity (Wildman–Crippen MR) is 59.9 cm³/mol. The lowest BCUT2D eigenvalue weighted by molar-refractivity contribution is -0.138. The number of hydrogen-bond acceptors (Lipinski definition) is 3. The van der Waals surface area contributed by atoms with Crippen molar-refractivity contribution in [1.82, 2.24) is 0 Å². The Bertz CT molecular complexity index is 406. The summed E-state index contributed by atoms with van der Waals surface area (Å²) in [6, 6.07) is 4.36. The fourth-order valence-electron chi connectivity index (χ4n) is 1.29. The molecule has 4 N–H and O–H groups in total. The van der Waals surface area contributed by atoms with Gasteiger partial charge in [-0.05, 0) is 30.7 Å². The summed E-state index contributed by atoms with van der Waals surface area (Å²) < 4.78 is 12.6. The largest absolute Gasteiger partial charge is 0.480 e. The van der Waals surface area contributed by atoms with Gasteiger partial charge in [0.25, 0.3) is 0 Å². The number of benzene rings is 1. The van der Waals surface area contributed by atoms with Crippen LogP contribution in [0.5, 0.6) is 0 Å². The van der Waals surface area contributed by atoms with Gasteiger partial charge in [-0.15, -0.1) is 0 Å². The second-order valence-corrected chi connectivity index (χ2v) is 3.55. The smallest absolute Gasteiger partial charge is 0.326 e. The number of aliphatic carboxylic acids is 1. The lowest BCUT2D eigenvalue weighted by Crippen LogP contribution is -2.30. The highest BCUT2D eigenvalue weighted by molar-refractivity contribution is 5.79. The van der Waals surface area contributed by atoms with Gasteiger partial charge in [-0.2, -0.15) is 0 Å². The number of carboxylic acid groups (broad SMARTS) is 1. The molecule has 0 aliphatic heterocycles. The second kappa shape index (κ2) is 5.83. The molecule has 0 saturated carbocycles. The van der Waals surface area contributed by atoms with E-state index >= 15 is 0 Å². The van der Waals surface area contributed by atoms with Gasteiger partial charge in [-0.1, -0.05) is 0 Å². The third-order valence-electron chi connectivity index (χ3n) is 2.16. The molecule has 0 bridgehead atoms. The van der Waals surface area contributed by atoms with E-state index in [2.05, 4.69) is 5.32 Å². The molecule has 5 nitrogen and oxygen atoms in total. The van der Waals surface area contributed by atoms with E-state index in [0.717, 1.165) is 0 Å². The molecular weight excluding hydrogens is 227 g/mol. The van der Waals surface area contributed by atoms with Crippen LogP contribution in [-0.2, 0) is 9.59 Å². The summed E-state index contributed by atoms with van der Waals surface area (Å²) in [7, 11) is 0. The first kappa shape index (κ1) is 13.0. The van der Waals surface area contributed by atoms with Gasteiger partial charge in [0.2, 0.25) is 5.91 Å². The normalized spacial score (nSPS) is 11.8. The highest BCUT2D eigenvalue weighted by Gasteiger charge is 2.17. The molecule has 1 aromatic rings. The maximum atomic E-state index is 12.6. The van der Waals surface area contributed by atoms with E-state index in [0.29, 0.717) is 5.69 Å². The Morgan fingerprint density at radius 3 is 2.41 bits per heavy atom. The standard InChI is InChI=1S/C11H13FN2O3/c12-7-1-3-8(4-2-7)14-9(11(16)17)5-6-10(13)15/h1-4,9,14H,5-6H2,(H2,13,15)(H,16,17)/t9-/m0/s1. The number of carbonyl (C=O) groups excluding carboxylic acids is 1. The molecule has 0 heterocycles. The van der Waals surface area contributed by atoms with Crippen molar-refractivity contribution in [2.45, 2.75) is 18.9 Å². The van der Waals surface area contributed by atoms with Gasteiger partial charge in [0.1, 0.15) is 11.9 Å². The van der Waals surface area contributed by atoms with E-state index in [1.54, 1.807) is 0 Å². The van der Waals surface area contributed by atoms with Gasteiger partial charge in [0.05, 0.1) is 0 Å². The second-order valence-electron chi connectivity index (χ2n) is 3.55. The van der Waals surface area contributed by atoms with Crippen LogP contribution in [0.15, 0.2) is 24.3 Å². The quantitative estimate of drug-likeness (QED) is 0.690. The Hall–Kier alpha value is -2.11. The molecule has 0 spiro atoms. The molecule has 1 aromatic carbocycles. The molecule has 6 heteroatoms. The topological polar surface area (TPSA) is 92.4 Å². The van der Waals surface area contributed by atoms with Crippen LogP contribution < -0.4 is 11.1 Å². The number of carboxylic acids is 1. The number of nitrogens with two attached hydrogens (primary N) is 1. The number of rotatable bonds is 6. The molecule has 17 heavy (non-hydrogen) atoms. The Kier molecular flexibility index (Phi) is 4.45. The molecule has 1 atom stereocenters. The predicted octanol–water partition coefficient (Wildman–Crippen LogP) is 0.956. The number of primary amides is 1. The highest BCUT2D eigenvalue weighted by Crippen LogP contribution is 2.12. The Labute approximate surface area is 97.4 Å². The zero-order chi connectivity index (χ0) is 12.8. The highest BCUT2D eigenvalue weighted by atomic mass is 19.1. The van der Waals surface area contributed by atoms with Gasteiger partial charge in [-0.25, -0.2) is 9.18 Å². The van der Waals surface area contributed by atoms with Crippen LogP contribution in [0.1, 0.15) is 12.8 Å². The number of hydrogen-bond donors (Lipinski definition) is 3. The van der Waals surface area contributed by atoms with E-state index in [1.807, 2.05) is 0 Å². The minimum atomic E-state index is -1.09. The van der Waals surface area contributed by atoms with Gasteiger partial charge in [-0.3, -0.25) is 4.79 Å². The van der Waals surface area contributed by atoms with Crippen molar-refractivity contribution in [2.75, 3.05) is 5.32 Å². The van der Waals surface area contributed by atoms with Crippen LogP contribution in [0.3, 0.4) is 0 Å². The first-order valence-corrected chi connectivity index (χ1v) is 5.02. The lowest BCUT2D eigenvalue weighted by atomic mass is 10.1. The van der Waals surface area contributed by atoms with Crippen molar-refractivity contribution in [2.24, 2.45) is 5.73 Å². The van der Waals surface area contributed by atoms with Crippen LogP contribution >= 0.6 is 0 Å².